The molecular formula is C16H10ClF2NO. The molecule has 1 heterocycles. The first-order valence-electron chi connectivity index (χ1n) is 6.24. The molecule has 2 aromatic carbocycles. The van der Waals surface area contributed by atoms with Crippen LogP contribution < -0.4 is 4.74 Å². The number of para-hydroxylation sites is 1. The van der Waals surface area contributed by atoms with Crippen molar-refractivity contribution in [2.24, 2.45) is 0 Å². The van der Waals surface area contributed by atoms with Crippen LogP contribution in [-0.4, -0.2) is 4.98 Å². The van der Waals surface area contributed by atoms with Gasteiger partial charge in [-0.1, -0.05) is 12.1 Å². The number of hydrogen-bond donors (Lipinski definition) is 0. The molecule has 0 unspecified atom stereocenters. The molecule has 0 N–H and O–H groups in total. The van der Waals surface area contributed by atoms with Gasteiger partial charge in [-0.05, 0) is 12.1 Å². The Morgan fingerprint density at radius 1 is 1.00 bits per heavy atom. The minimum absolute atomic E-state index is 0.0874. The number of nitrogens with zero attached hydrogens (tertiary/aromatic N) is 1. The molecule has 0 fully saturated rings. The normalized spacial score (nSPS) is 10.8. The first-order valence-corrected chi connectivity index (χ1v) is 6.78. The lowest BCUT2D eigenvalue weighted by Gasteiger charge is -2.10. The predicted octanol–water partition coefficient (Wildman–Crippen LogP) is 5.04. The third kappa shape index (κ3) is 2.95. The van der Waals surface area contributed by atoms with Crippen LogP contribution in [0.3, 0.4) is 0 Å². The lowest BCUT2D eigenvalue weighted by molar-refractivity contribution is 0.472. The average Bonchev–Trinajstić information content (AvgIpc) is 2.46. The zero-order valence-corrected chi connectivity index (χ0v) is 11.6. The Labute approximate surface area is 125 Å². The van der Waals surface area contributed by atoms with Gasteiger partial charge in [0, 0.05) is 29.7 Å². The number of benzene rings is 2. The van der Waals surface area contributed by atoms with Crippen molar-refractivity contribution in [1.82, 2.24) is 4.98 Å². The predicted molar refractivity (Wildman–Crippen MR) is 77.7 cm³/mol. The van der Waals surface area contributed by atoms with Crippen LogP contribution in [0.4, 0.5) is 8.78 Å². The lowest BCUT2D eigenvalue weighted by Crippen LogP contribution is -1.93. The van der Waals surface area contributed by atoms with E-state index in [9.17, 15) is 8.78 Å². The summed E-state index contributed by atoms with van der Waals surface area (Å²) in [5.74, 6) is -0.619. The van der Waals surface area contributed by atoms with Gasteiger partial charge >= 0.3 is 0 Å². The summed E-state index contributed by atoms with van der Waals surface area (Å²) < 4.78 is 32.1. The maximum atomic E-state index is 13.2. The van der Waals surface area contributed by atoms with E-state index in [-0.39, 0.29) is 11.6 Å². The van der Waals surface area contributed by atoms with Gasteiger partial charge in [0.25, 0.3) is 0 Å². The molecule has 0 atom stereocenters. The van der Waals surface area contributed by atoms with Crippen molar-refractivity contribution in [3.8, 4) is 11.5 Å². The van der Waals surface area contributed by atoms with Crippen LogP contribution in [0.1, 0.15) is 5.69 Å². The Morgan fingerprint density at radius 2 is 1.71 bits per heavy atom. The fourth-order valence-corrected chi connectivity index (χ4v) is 2.20. The van der Waals surface area contributed by atoms with Gasteiger partial charge in [-0.25, -0.2) is 8.78 Å². The number of aromatic nitrogens is 1. The van der Waals surface area contributed by atoms with Gasteiger partial charge in [0.1, 0.15) is 23.1 Å². The Balaban J connectivity index is 2.10. The SMILES string of the molecule is Fc1cc(F)cc(Oc2cc(CCl)nc3ccccc23)c1. The molecular weight excluding hydrogens is 296 g/mol. The summed E-state index contributed by atoms with van der Waals surface area (Å²) in [7, 11) is 0. The maximum Gasteiger partial charge on any atom is 0.138 e. The number of alkyl halides is 1. The minimum atomic E-state index is -0.694. The maximum absolute atomic E-state index is 13.2. The number of hydrogen-bond acceptors (Lipinski definition) is 2. The van der Waals surface area contributed by atoms with E-state index in [4.69, 9.17) is 16.3 Å². The van der Waals surface area contributed by atoms with Crippen molar-refractivity contribution >= 4 is 22.5 Å². The number of fused-ring (bicyclic) bond motifs is 1. The second-order valence-electron chi connectivity index (χ2n) is 4.47. The van der Waals surface area contributed by atoms with E-state index < -0.39 is 11.6 Å². The van der Waals surface area contributed by atoms with E-state index >= 15 is 0 Å². The van der Waals surface area contributed by atoms with Gasteiger partial charge in [0.2, 0.25) is 0 Å². The second-order valence-corrected chi connectivity index (χ2v) is 4.74. The molecule has 5 heteroatoms. The molecule has 2 nitrogen and oxygen atoms in total. The summed E-state index contributed by atoms with van der Waals surface area (Å²) >= 11 is 5.81. The molecule has 0 amide bonds. The van der Waals surface area contributed by atoms with Gasteiger partial charge in [-0.2, -0.15) is 0 Å². The minimum Gasteiger partial charge on any atom is -0.456 e. The quantitative estimate of drug-likeness (QED) is 0.632. The van der Waals surface area contributed by atoms with Crippen molar-refractivity contribution in [2.75, 3.05) is 0 Å². The smallest absolute Gasteiger partial charge is 0.138 e. The topological polar surface area (TPSA) is 22.1 Å². The summed E-state index contributed by atoms with van der Waals surface area (Å²) in [6.07, 6.45) is 0. The molecule has 0 saturated carbocycles. The Morgan fingerprint density at radius 3 is 2.43 bits per heavy atom. The van der Waals surface area contributed by atoms with E-state index in [0.29, 0.717) is 17.0 Å². The number of halogens is 3. The monoisotopic (exact) mass is 305 g/mol. The zero-order valence-electron chi connectivity index (χ0n) is 10.8. The van der Waals surface area contributed by atoms with E-state index in [1.54, 1.807) is 6.07 Å². The van der Waals surface area contributed by atoms with Gasteiger partial charge in [0.15, 0.2) is 0 Å². The molecule has 21 heavy (non-hydrogen) atoms. The van der Waals surface area contributed by atoms with Gasteiger partial charge in [-0.3, -0.25) is 4.98 Å². The molecule has 0 bridgehead atoms. The Kier molecular flexibility index (Phi) is 3.71. The van der Waals surface area contributed by atoms with E-state index in [0.717, 1.165) is 23.6 Å². The summed E-state index contributed by atoms with van der Waals surface area (Å²) in [6.45, 7) is 0. The number of pyridine rings is 1. The van der Waals surface area contributed by atoms with Crippen LogP contribution in [0.25, 0.3) is 10.9 Å². The standard InChI is InChI=1S/C16H10ClF2NO/c17-9-12-8-16(14-3-1-2-4-15(14)20-12)21-13-6-10(18)5-11(19)7-13/h1-8H,9H2. The molecule has 0 aliphatic heterocycles. The third-order valence-corrected chi connectivity index (χ3v) is 3.21. The van der Waals surface area contributed by atoms with Crippen LogP contribution in [0.2, 0.25) is 0 Å². The molecule has 3 aromatic rings. The fourth-order valence-electron chi connectivity index (χ4n) is 2.06. The van der Waals surface area contributed by atoms with E-state index in [1.807, 2.05) is 24.3 Å². The highest BCUT2D eigenvalue weighted by Crippen LogP contribution is 2.31. The van der Waals surface area contributed by atoms with Crippen molar-refractivity contribution in [2.45, 2.75) is 5.88 Å². The fraction of sp³-hybridized carbons (Fsp3) is 0.0625. The molecule has 0 spiro atoms. The summed E-state index contributed by atoms with van der Waals surface area (Å²) in [5, 5.41) is 0.746. The molecule has 1 aromatic heterocycles. The van der Waals surface area contributed by atoms with Crippen LogP contribution >= 0.6 is 11.6 Å². The Bertz CT molecular complexity index is 787. The second kappa shape index (κ2) is 5.66. The van der Waals surface area contributed by atoms with Crippen molar-refractivity contribution in [3.05, 3.63) is 65.9 Å². The highest BCUT2D eigenvalue weighted by molar-refractivity contribution is 6.17. The van der Waals surface area contributed by atoms with Crippen LogP contribution in [0.15, 0.2) is 48.5 Å². The molecule has 3 rings (SSSR count). The van der Waals surface area contributed by atoms with Crippen molar-refractivity contribution < 1.29 is 13.5 Å². The van der Waals surface area contributed by atoms with Gasteiger partial charge in [0.05, 0.1) is 17.1 Å². The van der Waals surface area contributed by atoms with E-state index in [2.05, 4.69) is 4.98 Å². The van der Waals surface area contributed by atoms with Crippen LogP contribution in [0.5, 0.6) is 11.5 Å². The average molecular weight is 306 g/mol. The highest BCUT2D eigenvalue weighted by atomic mass is 35.5. The molecule has 0 aliphatic rings. The van der Waals surface area contributed by atoms with Crippen LogP contribution in [-0.2, 0) is 5.88 Å². The van der Waals surface area contributed by atoms with Crippen molar-refractivity contribution in [1.29, 1.82) is 0 Å². The zero-order chi connectivity index (χ0) is 14.8. The summed E-state index contributed by atoms with van der Waals surface area (Å²) in [5.41, 5.74) is 1.34. The first kappa shape index (κ1) is 13.8. The van der Waals surface area contributed by atoms with Gasteiger partial charge in [-0.15, -0.1) is 11.6 Å². The largest absolute Gasteiger partial charge is 0.456 e. The number of rotatable bonds is 3. The number of ether oxygens (including phenoxy) is 1. The van der Waals surface area contributed by atoms with Crippen LogP contribution in [0, 0.1) is 11.6 Å². The Hall–Kier alpha value is -2.20. The molecule has 0 aliphatic carbocycles. The van der Waals surface area contributed by atoms with Gasteiger partial charge < -0.3 is 4.74 Å². The molecule has 0 radical (unpaired) electrons. The summed E-state index contributed by atoms with van der Waals surface area (Å²) in [4.78, 5) is 4.37. The molecule has 106 valence electrons. The lowest BCUT2D eigenvalue weighted by atomic mass is 10.2. The third-order valence-electron chi connectivity index (χ3n) is 2.93. The first-order chi connectivity index (χ1) is 10.2. The van der Waals surface area contributed by atoms with E-state index in [1.165, 1.54) is 0 Å². The van der Waals surface area contributed by atoms with Crippen molar-refractivity contribution in [3.63, 3.8) is 0 Å². The molecule has 0 saturated heterocycles. The highest BCUT2D eigenvalue weighted by Gasteiger charge is 2.09. The summed E-state index contributed by atoms with van der Waals surface area (Å²) in [6, 6.07) is 12.0.